The summed E-state index contributed by atoms with van der Waals surface area (Å²) in [5.41, 5.74) is 0.778. The molecule has 3 nitrogen and oxygen atoms in total. The third-order valence-electron chi connectivity index (χ3n) is 2.78. The lowest BCUT2D eigenvalue weighted by Gasteiger charge is -2.19. The Labute approximate surface area is 122 Å². The van der Waals surface area contributed by atoms with Gasteiger partial charge in [-0.05, 0) is 31.2 Å². The second kappa shape index (κ2) is 8.12. The fraction of sp³-hybridized carbons (Fsp3) is 0.538. The first-order valence-electron chi connectivity index (χ1n) is 5.85. The minimum absolute atomic E-state index is 0.532. The van der Waals surface area contributed by atoms with Gasteiger partial charge in [-0.2, -0.15) is 0 Å². The highest BCUT2D eigenvalue weighted by Gasteiger charge is 2.12. The summed E-state index contributed by atoms with van der Waals surface area (Å²) in [4.78, 5) is 2.12. The molecule has 1 atom stereocenters. The highest BCUT2D eigenvalue weighted by molar-refractivity contribution is 9.10. The third-order valence-corrected chi connectivity index (χ3v) is 3.60. The maximum atomic E-state index is 10.1. The van der Waals surface area contributed by atoms with Crippen LogP contribution >= 0.6 is 27.5 Å². The SMILES string of the molecule is COCCN(C)CCC(O)c1ccc(Br)cc1Cl. The number of likely N-dealkylation sites (N-methyl/N-ethyl adjacent to an activating group) is 1. The van der Waals surface area contributed by atoms with Crippen LogP contribution in [0.2, 0.25) is 5.02 Å². The summed E-state index contributed by atoms with van der Waals surface area (Å²) in [6.45, 7) is 2.36. The molecule has 0 amide bonds. The van der Waals surface area contributed by atoms with Gasteiger partial charge in [-0.1, -0.05) is 33.6 Å². The number of benzene rings is 1. The maximum absolute atomic E-state index is 10.1. The van der Waals surface area contributed by atoms with E-state index < -0.39 is 6.10 Å². The smallest absolute Gasteiger partial charge is 0.0816 e. The Morgan fingerprint density at radius 1 is 1.44 bits per heavy atom. The maximum Gasteiger partial charge on any atom is 0.0816 e. The molecule has 0 spiro atoms. The van der Waals surface area contributed by atoms with Gasteiger partial charge in [0.2, 0.25) is 0 Å². The molecule has 1 rings (SSSR count). The van der Waals surface area contributed by atoms with Crippen molar-refractivity contribution in [3.05, 3.63) is 33.3 Å². The Morgan fingerprint density at radius 2 is 2.17 bits per heavy atom. The van der Waals surface area contributed by atoms with Crippen LogP contribution in [0.1, 0.15) is 18.1 Å². The quantitative estimate of drug-likeness (QED) is 0.830. The largest absolute Gasteiger partial charge is 0.388 e. The molecule has 0 aliphatic heterocycles. The molecule has 1 unspecified atom stereocenters. The standard InChI is InChI=1S/C13H19BrClNO2/c1-16(7-8-18-2)6-5-13(17)11-4-3-10(14)9-12(11)15/h3-4,9,13,17H,5-8H2,1-2H3. The van der Waals surface area contributed by atoms with Crippen molar-refractivity contribution in [2.24, 2.45) is 0 Å². The van der Waals surface area contributed by atoms with Gasteiger partial charge in [-0.25, -0.2) is 0 Å². The van der Waals surface area contributed by atoms with E-state index in [1.807, 2.05) is 19.2 Å². The van der Waals surface area contributed by atoms with Crippen LogP contribution in [0.4, 0.5) is 0 Å². The van der Waals surface area contributed by atoms with E-state index in [4.69, 9.17) is 16.3 Å². The lowest BCUT2D eigenvalue weighted by molar-refractivity contribution is 0.129. The Balaban J connectivity index is 2.47. The van der Waals surface area contributed by atoms with Crippen molar-refractivity contribution in [1.29, 1.82) is 0 Å². The van der Waals surface area contributed by atoms with Crippen LogP contribution in [0, 0.1) is 0 Å². The molecule has 1 N–H and O–H groups in total. The molecule has 18 heavy (non-hydrogen) atoms. The molecule has 0 saturated heterocycles. The summed E-state index contributed by atoms with van der Waals surface area (Å²) in [6.07, 6.45) is 0.122. The third kappa shape index (κ3) is 5.24. The molecule has 0 bridgehead atoms. The van der Waals surface area contributed by atoms with Gasteiger partial charge in [0.25, 0.3) is 0 Å². The van der Waals surface area contributed by atoms with Gasteiger partial charge >= 0.3 is 0 Å². The summed E-state index contributed by atoms with van der Waals surface area (Å²) < 4.78 is 5.92. The number of aliphatic hydroxyl groups excluding tert-OH is 1. The monoisotopic (exact) mass is 335 g/mol. The van der Waals surface area contributed by atoms with E-state index in [9.17, 15) is 5.11 Å². The molecule has 1 aromatic carbocycles. The van der Waals surface area contributed by atoms with Crippen molar-refractivity contribution >= 4 is 27.5 Å². The Hall–Kier alpha value is -0.130. The zero-order chi connectivity index (χ0) is 13.5. The van der Waals surface area contributed by atoms with Crippen molar-refractivity contribution in [3.63, 3.8) is 0 Å². The second-order valence-corrected chi connectivity index (χ2v) is 5.59. The van der Waals surface area contributed by atoms with Gasteiger partial charge in [0.1, 0.15) is 0 Å². The van der Waals surface area contributed by atoms with Gasteiger partial charge in [-0.3, -0.25) is 0 Å². The van der Waals surface area contributed by atoms with Crippen molar-refractivity contribution < 1.29 is 9.84 Å². The zero-order valence-electron chi connectivity index (χ0n) is 10.7. The van der Waals surface area contributed by atoms with E-state index in [-0.39, 0.29) is 0 Å². The number of hydrogen-bond acceptors (Lipinski definition) is 3. The predicted molar refractivity (Wildman–Crippen MR) is 78.1 cm³/mol. The number of halogens is 2. The fourth-order valence-electron chi connectivity index (χ4n) is 1.63. The zero-order valence-corrected chi connectivity index (χ0v) is 13.0. The molecule has 102 valence electrons. The van der Waals surface area contributed by atoms with Gasteiger partial charge in [0.05, 0.1) is 12.7 Å². The number of nitrogens with zero attached hydrogens (tertiary/aromatic N) is 1. The first-order valence-corrected chi connectivity index (χ1v) is 7.02. The van der Waals surface area contributed by atoms with Crippen molar-refractivity contribution in [2.45, 2.75) is 12.5 Å². The average molecular weight is 337 g/mol. The van der Waals surface area contributed by atoms with Crippen LogP contribution < -0.4 is 0 Å². The van der Waals surface area contributed by atoms with Crippen molar-refractivity contribution in [1.82, 2.24) is 4.90 Å². The molecule has 1 aromatic rings. The van der Waals surface area contributed by atoms with Crippen LogP contribution in [0.5, 0.6) is 0 Å². The molecular weight excluding hydrogens is 318 g/mol. The molecule has 0 aliphatic carbocycles. The molecule has 0 saturated carbocycles. The fourth-order valence-corrected chi connectivity index (χ4v) is 2.43. The molecule has 0 aliphatic rings. The Morgan fingerprint density at radius 3 is 2.78 bits per heavy atom. The second-order valence-electron chi connectivity index (χ2n) is 4.27. The molecule has 0 heterocycles. The first kappa shape index (κ1) is 15.9. The van der Waals surface area contributed by atoms with Crippen molar-refractivity contribution in [2.75, 3.05) is 33.9 Å². The van der Waals surface area contributed by atoms with Crippen LogP contribution in [0.25, 0.3) is 0 Å². The number of hydrogen-bond donors (Lipinski definition) is 1. The number of rotatable bonds is 7. The van der Waals surface area contributed by atoms with Crippen LogP contribution in [0.3, 0.4) is 0 Å². The average Bonchev–Trinajstić information content (AvgIpc) is 2.33. The van der Waals surface area contributed by atoms with Gasteiger partial charge in [0.15, 0.2) is 0 Å². The normalized spacial score (nSPS) is 13.0. The molecule has 5 heteroatoms. The van der Waals surface area contributed by atoms with Gasteiger partial charge < -0.3 is 14.7 Å². The predicted octanol–water partition coefficient (Wildman–Crippen LogP) is 3.10. The highest BCUT2D eigenvalue weighted by atomic mass is 79.9. The van der Waals surface area contributed by atoms with Gasteiger partial charge in [0, 0.05) is 29.7 Å². The Bertz CT molecular complexity index is 376. The van der Waals surface area contributed by atoms with E-state index in [0.717, 1.165) is 23.1 Å². The lowest BCUT2D eigenvalue weighted by atomic mass is 10.1. The van der Waals surface area contributed by atoms with Crippen LogP contribution in [0.15, 0.2) is 22.7 Å². The molecular formula is C13H19BrClNO2. The van der Waals surface area contributed by atoms with E-state index >= 15 is 0 Å². The minimum Gasteiger partial charge on any atom is -0.388 e. The highest BCUT2D eigenvalue weighted by Crippen LogP contribution is 2.28. The van der Waals surface area contributed by atoms with E-state index in [1.54, 1.807) is 13.2 Å². The van der Waals surface area contributed by atoms with Gasteiger partial charge in [-0.15, -0.1) is 0 Å². The number of aliphatic hydroxyl groups is 1. The van der Waals surface area contributed by atoms with Crippen LogP contribution in [-0.4, -0.2) is 43.9 Å². The van der Waals surface area contributed by atoms with Crippen molar-refractivity contribution in [3.8, 4) is 0 Å². The van der Waals surface area contributed by atoms with E-state index in [1.165, 1.54) is 0 Å². The molecule has 0 fully saturated rings. The summed E-state index contributed by atoms with van der Waals surface area (Å²) in [5.74, 6) is 0. The first-order chi connectivity index (χ1) is 8.54. The molecule has 0 radical (unpaired) electrons. The Kier molecular flexibility index (Phi) is 7.19. The minimum atomic E-state index is -0.532. The number of methoxy groups -OCH3 is 1. The van der Waals surface area contributed by atoms with E-state index in [0.29, 0.717) is 18.1 Å². The molecule has 0 aromatic heterocycles. The van der Waals surface area contributed by atoms with Crippen LogP contribution in [-0.2, 0) is 4.74 Å². The summed E-state index contributed by atoms with van der Waals surface area (Å²) in [5, 5.41) is 10.7. The van der Waals surface area contributed by atoms with E-state index in [2.05, 4.69) is 20.8 Å². The summed E-state index contributed by atoms with van der Waals surface area (Å²) in [7, 11) is 3.69. The topological polar surface area (TPSA) is 32.7 Å². The lowest BCUT2D eigenvalue weighted by Crippen LogP contribution is -2.25. The summed E-state index contributed by atoms with van der Waals surface area (Å²) in [6, 6.07) is 5.54. The summed E-state index contributed by atoms with van der Waals surface area (Å²) >= 11 is 9.45. The number of ether oxygens (including phenoxy) is 1.